The van der Waals surface area contributed by atoms with Crippen molar-refractivity contribution in [2.45, 2.75) is 65.2 Å². The van der Waals surface area contributed by atoms with E-state index in [0.717, 1.165) is 42.4 Å². The molecule has 0 bridgehead atoms. The molecule has 7 nitrogen and oxygen atoms in total. The molecule has 2 aromatic carbocycles. The summed E-state index contributed by atoms with van der Waals surface area (Å²) in [5.41, 5.74) is 4.18. The minimum absolute atomic E-state index is 0.116. The van der Waals surface area contributed by atoms with Crippen LogP contribution in [0.4, 0.5) is 11.4 Å². The first-order valence-electron chi connectivity index (χ1n) is 12.4. The van der Waals surface area contributed by atoms with Gasteiger partial charge in [-0.15, -0.1) is 0 Å². The molecule has 8 heteroatoms. The van der Waals surface area contributed by atoms with Crippen LogP contribution in [0.2, 0.25) is 0 Å². The Kier molecular flexibility index (Phi) is 8.94. The van der Waals surface area contributed by atoms with Gasteiger partial charge in [-0.05, 0) is 55.5 Å². The van der Waals surface area contributed by atoms with Gasteiger partial charge in [0.1, 0.15) is 6.04 Å². The molecule has 0 aromatic heterocycles. The third-order valence-corrected chi connectivity index (χ3v) is 8.17. The first-order valence-corrected chi connectivity index (χ1v) is 14.2. The Bertz CT molecular complexity index is 1180. The second kappa shape index (κ2) is 11.7. The van der Waals surface area contributed by atoms with Gasteiger partial charge in [-0.25, -0.2) is 8.42 Å². The van der Waals surface area contributed by atoms with Crippen molar-refractivity contribution >= 4 is 33.0 Å². The Morgan fingerprint density at radius 1 is 1.09 bits per heavy atom. The number of nitrogens with one attached hydrogen (secondary N) is 3. The maximum Gasteiger partial charge on any atom is 0.251 e. The average molecular weight is 500 g/mol. The summed E-state index contributed by atoms with van der Waals surface area (Å²) >= 11 is 0. The Labute approximate surface area is 209 Å². The van der Waals surface area contributed by atoms with Crippen molar-refractivity contribution in [1.29, 1.82) is 0 Å². The van der Waals surface area contributed by atoms with Crippen LogP contribution in [0.15, 0.2) is 36.4 Å². The third kappa shape index (κ3) is 7.31. The average Bonchev–Trinajstić information content (AvgIpc) is 2.81. The number of unbranched alkanes of at least 4 members (excludes halogenated alkanes) is 1. The number of rotatable bonds is 11. The van der Waals surface area contributed by atoms with E-state index in [1.807, 2.05) is 32.0 Å². The van der Waals surface area contributed by atoms with Gasteiger partial charge < -0.3 is 16.0 Å². The van der Waals surface area contributed by atoms with E-state index in [4.69, 9.17) is 0 Å². The maximum absolute atomic E-state index is 12.9. The van der Waals surface area contributed by atoms with Gasteiger partial charge in [0, 0.05) is 12.1 Å². The molecule has 0 radical (unpaired) electrons. The van der Waals surface area contributed by atoms with E-state index in [1.54, 1.807) is 18.2 Å². The van der Waals surface area contributed by atoms with Gasteiger partial charge in [0.2, 0.25) is 5.91 Å². The lowest BCUT2D eigenvalue weighted by atomic mass is 9.99. The fraction of sp³-hybridized carbons (Fsp3) is 0.481. The molecular weight excluding hydrogens is 462 g/mol. The van der Waals surface area contributed by atoms with E-state index in [2.05, 4.69) is 29.8 Å². The number of carbonyl (C=O) groups is 2. The lowest BCUT2D eigenvalue weighted by Gasteiger charge is -2.27. The predicted octanol–water partition coefficient (Wildman–Crippen LogP) is 4.60. The van der Waals surface area contributed by atoms with Crippen molar-refractivity contribution in [3.8, 4) is 0 Å². The highest BCUT2D eigenvalue weighted by Crippen LogP contribution is 2.29. The topological polar surface area (TPSA) is 104 Å². The van der Waals surface area contributed by atoms with E-state index in [-0.39, 0.29) is 17.4 Å². The largest absolute Gasteiger partial charge is 0.371 e. The summed E-state index contributed by atoms with van der Waals surface area (Å²) in [4.78, 5) is 25.4. The van der Waals surface area contributed by atoms with Gasteiger partial charge in [0.15, 0.2) is 9.84 Å². The smallest absolute Gasteiger partial charge is 0.251 e. The molecule has 0 unspecified atom stereocenters. The molecule has 2 amide bonds. The Balaban J connectivity index is 1.64. The number of sulfone groups is 1. The lowest BCUT2D eigenvalue weighted by molar-refractivity contribution is -0.116. The summed E-state index contributed by atoms with van der Waals surface area (Å²) in [6, 6.07) is 9.85. The number of aryl methyl sites for hydroxylation is 2. The SMILES string of the molecule is CCCC[C@@H](CC)CNC(=O)c1ccc2c(c1)NC(=O)[C@@H](CS(=O)(=O)Cc1cc(C)ccc1C)N2. The van der Waals surface area contributed by atoms with Crippen molar-refractivity contribution in [2.75, 3.05) is 22.9 Å². The van der Waals surface area contributed by atoms with Gasteiger partial charge in [0.05, 0.1) is 22.9 Å². The number of hydrogen-bond acceptors (Lipinski definition) is 5. The second-order valence-corrected chi connectivity index (χ2v) is 11.7. The molecule has 0 saturated carbocycles. The zero-order valence-corrected chi connectivity index (χ0v) is 21.9. The molecule has 3 rings (SSSR count). The van der Waals surface area contributed by atoms with Gasteiger partial charge in [0.25, 0.3) is 5.91 Å². The van der Waals surface area contributed by atoms with Crippen molar-refractivity contribution in [2.24, 2.45) is 5.92 Å². The molecule has 190 valence electrons. The summed E-state index contributed by atoms with van der Waals surface area (Å²) < 4.78 is 25.8. The summed E-state index contributed by atoms with van der Waals surface area (Å²) in [5, 5.41) is 8.81. The molecule has 0 aliphatic carbocycles. The number of fused-ring (bicyclic) bond motifs is 1. The van der Waals surface area contributed by atoms with Crippen LogP contribution in [0.1, 0.15) is 66.6 Å². The number of amides is 2. The van der Waals surface area contributed by atoms with E-state index >= 15 is 0 Å². The molecule has 3 N–H and O–H groups in total. The first-order chi connectivity index (χ1) is 16.6. The number of anilines is 2. The first kappa shape index (κ1) is 26.7. The van der Waals surface area contributed by atoms with Crippen molar-refractivity contribution in [3.63, 3.8) is 0 Å². The van der Waals surface area contributed by atoms with Crippen LogP contribution >= 0.6 is 0 Å². The van der Waals surface area contributed by atoms with Gasteiger partial charge in [-0.3, -0.25) is 9.59 Å². The summed E-state index contributed by atoms with van der Waals surface area (Å²) in [6.07, 6.45) is 4.38. The maximum atomic E-state index is 12.9. The minimum atomic E-state index is -3.54. The molecule has 1 aliphatic heterocycles. The molecular formula is C27H37N3O4S. The monoisotopic (exact) mass is 499 g/mol. The highest BCUT2D eigenvalue weighted by atomic mass is 32.2. The molecule has 1 aliphatic rings. The quantitative estimate of drug-likeness (QED) is 0.419. The Morgan fingerprint density at radius 3 is 2.57 bits per heavy atom. The highest BCUT2D eigenvalue weighted by Gasteiger charge is 2.31. The van der Waals surface area contributed by atoms with Gasteiger partial charge in [-0.1, -0.05) is 56.9 Å². The fourth-order valence-electron chi connectivity index (χ4n) is 4.29. The predicted molar refractivity (Wildman–Crippen MR) is 142 cm³/mol. The highest BCUT2D eigenvalue weighted by molar-refractivity contribution is 7.90. The van der Waals surface area contributed by atoms with Crippen LogP contribution in [0.25, 0.3) is 0 Å². The summed E-state index contributed by atoms with van der Waals surface area (Å²) in [5.74, 6) is -0.594. The van der Waals surface area contributed by atoms with Gasteiger partial charge >= 0.3 is 0 Å². The van der Waals surface area contributed by atoms with Crippen molar-refractivity contribution in [1.82, 2.24) is 5.32 Å². The summed E-state index contributed by atoms with van der Waals surface area (Å²) in [7, 11) is -3.54. The molecule has 2 atom stereocenters. The lowest BCUT2D eigenvalue weighted by Crippen LogP contribution is -2.43. The van der Waals surface area contributed by atoms with Crippen LogP contribution in [0.5, 0.6) is 0 Å². The Hall–Kier alpha value is -2.87. The standard InChI is InChI=1S/C27H37N3O4S/c1-5-7-8-20(6-2)15-28-26(31)21-11-12-23-24(14-21)30-27(32)25(29-23)17-35(33,34)16-22-13-18(3)9-10-19(22)4/h9-14,20,25,29H,5-8,15-17H2,1-4H3,(H,28,31)(H,30,32)/t20-,25-/m1/s1. The van der Waals surface area contributed by atoms with E-state index < -0.39 is 21.8 Å². The number of hydrogen-bond donors (Lipinski definition) is 3. The van der Waals surface area contributed by atoms with Crippen LogP contribution < -0.4 is 16.0 Å². The van der Waals surface area contributed by atoms with E-state index in [0.29, 0.717) is 29.4 Å². The van der Waals surface area contributed by atoms with E-state index in [9.17, 15) is 18.0 Å². The normalized spacial score (nSPS) is 16.1. The third-order valence-electron chi connectivity index (χ3n) is 6.58. The molecule has 0 fully saturated rings. The van der Waals surface area contributed by atoms with Gasteiger partial charge in [-0.2, -0.15) is 0 Å². The van der Waals surface area contributed by atoms with Crippen LogP contribution in [-0.4, -0.2) is 38.6 Å². The zero-order valence-electron chi connectivity index (χ0n) is 21.1. The second-order valence-electron chi connectivity index (χ2n) is 9.56. The number of carbonyl (C=O) groups excluding carboxylic acids is 2. The fourth-order valence-corrected chi connectivity index (χ4v) is 5.94. The number of benzene rings is 2. The molecule has 0 saturated heterocycles. The van der Waals surface area contributed by atoms with Crippen molar-refractivity contribution < 1.29 is 18.0 Å². The minimum Gasteiger partial charge on any atom is -0.371 e. The molecule has 0 spiro atoms. The van der Waals surface area contributed by atoms with Crippen molar-refractivity contribution in [3.05, 3.63) is 58.7 Å². The van der Waals surface area contributed by atoms with Crippen LogP contribution in [-0.2, 0) is 20.4 Å². The van der Waals surface area contributed by atoms with Crippen LogP contribution in [0, 0.1) is 19.8 Å². The van der Waals surface area contributed by atoms with E-state index in [1.165, 1.54) is 0 Å². The zero-order chi connectivity index (χ0) is 25.6. The van der Waals surface area contributed by atoms with Crippen LogP contribution in [0.3, 0.4) is 0 Å². The Morgan fingerprint density at radius 2 is 1.86 bits per heavy atom. The molecule has 2 aromatic rings. The molecule has 35 heavy (non-hydrogen) atoms. The molecule has 1 heterocycles. The summed E-state index contributed by atoms with van der Waals surface area (Å²) in [6.45, 7) is 8.72.